The fraction of sp³-hybridized carbons (Fsp3) is 0.409. The number of pyridine rings is 1. The lowest BCUT2D eigenvalue weighted by Gasteiger charge is -2.17. The van der Waals surface area contributed by atoms with Crippen LogP contribution in [0.1, 0.15) is 30.7 Å². The van der Waals surface area contributed by atoms with Gasteiger partial charge in [-0.3, -0.25) is 4.98 Å². The summed E-state index contributed by atoms with van der Waals surface area (Å²) in [5, 5.41) is 4.00. The number of halogens is 4. The molecule has 0 bridgehead atoms. The van der Waals surface area contributed by atoms with Gasteiger partial charge in [-0.15, -0.1) is 8.42 Å². The van der Waals surface area contributed by atoms with Crippen molar-refractivity contribution in [1.29, 1.82) is 0 Å². The monoisotopic (exact) mass is 497 g/mol. The van der Waals surface area contributed by atoms with Crippen LogP contribution >= 0.6 is 0 Å². The summed E-state index contributed by atoms with van der Waals surface area (Å²) in [6.07, 6.45) is -0.586. The van der Waals surface area contributed by atoms with E-state index in [1.807, 2.05) is 0 Å². The molecule has 1 aromatic carbocycles. The van der Waals surface area contributed by atoms with E-state index in [2.05, 4.69) is 20.5 Å². The molecule has 2 aliphatic rings. The Morgan fingerprint density at radius 1 is 1.21 bits per heavy atom. The van der Waals surface area contributed by atoms with Crippen molar-refractivity contribution in [3.63, 3.8) is 0 Å². The van der Waals surface area contributed by atoms with Gasteiger partial charge < -0.3 is 9.74 Å². The first-order valence-electron chi connectivity index (χ1n) is 10.5. The zero-order valence-electron chi connectivity index (χ0n) is 18.3. The smallest absolute Gasteiger partial charge is 0.384 e. The Hall–Kier alpha value is -3.20. The first kappa shape index (κ1) is 23.9. The van der Waals surface area contributed by atoms with Crippen LogP contribution in [-0.4, -0.2) is 49.2 Å². The third-order valence-corrected chi connectivity index (χ3v) is 6.74. The molecule has 3 heterocycles. The topological polar surface area (TPSA) is 76.2 Å². The normalized spacial score (nSPS) is 22.2. The van der Waals surface area contributed by atoms with Gasteiger partial charge in [-0.05, 0) is 25.5 Å². The number of nitrogens with zero attached hydrogens (tertiary/aromatic N) is 4. The highest BCUT2D eigenvalue weighted by Crippen LogP contribution is 2.37. The van der Waals surface area contributed by atoms with Gasteiger partial charge >= 0.3 is 16.1 Å². The van der Waals surface area contributed by atoms with Crippen LogP contribution < -0.4 is 0 Å². The molecule has 2 aliphatic heterocycles. The van der Waals surface area contributed by atoms with Gasteiger partial charge in [0.15, 0.2) is 6.10 Å². The summed E-state index contributed by atoms with van der Waals surface area (Å²) >= 11 is 0. The number of alkyl halides is 1. The lowest BCUT2D eigenvalue weighted by atomic mass is 9.97. The highest BCUT2D eigenvalue weighted by atomic mass is 32.2. The van der Waals surface area contributed by atoms with Crippen LogP contribution in [0.2, 0.25) is 0 Å². The average molecular weight is 497 g/mol. The summed E-state index contributed by atoms with van der Waals surface area (Å²) in [5.74, 6) is -3.89. The van der Waals surface area contributed by atoms with E-state index < -0.39 is 51.2 Å². The minimum Gasteiger partial charge on any atom is -0.384 e. The lowest BCUT2D eigenvalue weighted by molar-refractivity contribution is 0.0828. The molecule has 2 aromatic rings. The molecule has 34 heavy (non-hydrogen) atoms. The molecular formula is C22H21F4N4O3S+. The molecule has 0 aliphatic carbocycles. The first-order chi connectivity index (χ1) is 16.1. The number of aryl methyl sites for hydroxylation is 1. The van der Waals surface area contributed by atoms with E-state index in [1.165, 1.54) is 19.2 Å². The Morgan fingerprint density at radius 2 is 1.91 bits per heavy atom. The van der Waals surface area contributed by atoms with E-state index in [-0.39, 0.29) is 36.5 Å². The number of aromatic nitrogens is 1. The maximum atomic E-state index is 14.5. The van der Waals surface area contributed by atoms with Crippen LogP contribution in [0, 0.1) is 36.4 Å². The molecule has 1 saturated heterocycles. The van der Waals surface area contributed by atoms with Crippen molar-refractivity contribution in [2.45, 2.75) is 32.5 Å². The highest BCUT2D eigenvalue weighted by Gasteiger charge is 2.41. The van der Waals surface area contributed by atoms with E-state index >= 15 is 0 Å². The van der Waals surface area contributed by atoms with Gasteiger partial charge in [0.2, 0.25) is 0 Å². The van der Waals surface area contributed by atoms with Crippen LogP contribution in [0.5, 0.6) is 0 Å². The average Bonchev–Trinajstić information content (AvgIpc) is 3.39. The van der Waals surface area contributed by atoms with Gasteiger partial charge in [0.1, 0.15) is 41.1 Å². The Labute approximate surface area is 193 Å². The number of oxime groups is 1. The van der Waals surface area contributed by atoms with E-state index in [4.69, 9.17) is 4.84 Å². The van der Waals surface area contributed by atoms with Crippen LogP contribution in [0.3, 0.4) is 0 Å². The number of benzene rings is 1. The predicted octanol–water partition coefficient (Wildman–Crippen LogP) is 4.20. The van der Waals surface area contributed by atoms with Crippen molar-refractivity contribution >= 4 is 15.9 Å². The van der Waals surface area contributed by atoms with E-state index in [1.54, 1.807) is 11.8 Å². The Balaban J connectivity index is 1.56. The van der Waals surface area contributed by atoms with Gasteiger partial charge in [-0.25, -0.2) is 17.6 Å². The standard InChI is InChI=1S/C22H21F4N4O3S/c1-3-34(31,32)28-9-13-10-30(11-18(13)26)20-7-19(33-29-20)22-15(4-12(2)8-27-22)21-16(24)5-14(23)6-17(21)25/h4-6,8,13,18-19H,3,7,10-11H2,1-2H3/q+1/t13?,18-,19-/m0/s1. The third kappa shape index (κ3) is 4.84. The molecule has 0 saturated carbocycles. The summed E-state index contributed by atoms with van der Waals surface area (Å²) in [6.45, 7) is 3.15. The van der Waals surface area contributed by atoms with Gasteiger partial charge in [0, 0.05) is 30.4 Å². The number of sulfonamides is 1. The molecule has 0 radical (unpaired) electrons. The van der Waals surface area contributed by atoms with Crippen LogP contribution in [0.15, 0.2) is 29.6 Å². The van der Waals surface area contributed by atoms with E-state index in [9.17, 15) is 26.0 Å². The minimum atomic E-state index is -3.68. The van der Waals surface area contributed by atoms with E-state index in [0.29, 0.717) is 23.5 Å². The number of likely N-dealkylation sites (tertiary alicyclic amines) is 1. The van der Waals surface area contributed by atoms with E-state index in [0.717, 1.165) is 0 Å². The zero-order valence-corrected chi connectivity index (χ0v) is 19.1. The van der Waals surface area contributed by atoms with Crippen LogP contribution in [0.4, 0.5) is 17.6 Å². The number of hydrogen-bond acceptors (Lipinski definition) is 6. The predicted molar refractivity (Wildman–Crippen MR) is 117 cm³/mol. The maximum Gasteiger partial charge on any atom is 0.478 e. The summed E-state index contributed by atoms with van der Waals surface area (Å²) in [6, 6.07) is 5.07. The van der Waals surface area contributed by atoms with Crippen LogP contribution in [0.25, 0.3) is 15.4 Å². The van der Waals surface area contributed by atoms with Crippen molar-refractivity contribution in [3.8, 4) is 17.2 Å². The molecular weight excluding hydrogens is 476 g/mol. The fourth-order valence-corrected chi connectivity index (χ4v) is 4.27. The second-order valence-electron chi connectivity index (χ2n) is 8.11. The number of amidine groups is 1. The van der Waals surface area contributed by atoms with Crippen molar-refractivity contribution in [2.24, 2.45) is 11.1 Å². The lowest BCUT2D eigenvalue weighted by Crippen LogP contribution is -2.28. The fourth-order valence-electron chi connectivity index (χ4n) is 3.84. The highest BCUT2D eigenvalue weighted by molar-refractivity contribution is 7.93. The van der Waals surface area contributed by atoms with Crippen molar-refractivity contribution < 1.29 is 30.8 Å². The van der Waals surface area contributed by atoms with Gasteiger partial charge in [-0.1, -0.05) is 5.16 Å². The molecule has 0 N–H and O–H groups in total. The zero-order chi connectivity index (χ0) is 24.6. The van der Waals surface area contributed by atoms with Gasteiger partial charge in [0.25, 0.3) is 0 Å². The molecule has 1 fully saturated rings. The van der Waals surface area contributed by atoms with Crippen molar-refractivity contribution in [3.05, 3.63) is 57.4 Å². The summed E-state index contributed by atoms with van der Waals surface area (Å²) in [5.41, 5.74) is 0.492. The molecule has 4 rings (SSSR count). The maximum absolute atomic E-state index is 14.5. The van der Waals surface area contributed by atoms with Gasteiger partial charge in [0.05, 0.1) is 28.5 Å². The van der Waals surface area contributed by atoms with Crippen LogP contribution in [-0.2, 0) is 14.9 Å². The molecule has 0 spiro atoms. The molecule has 0 amide bonds. The Morgan fingerprint density at radius 3 is 2.59 bits per heavy atom. The number of hydrogen-bond donors (Lipinski definition) is 0. The van der Waals surface area contributed by atoms with Crippen molar-refractivity contribution in [2.75, 3.05) is 18.8 Å². The molecule has 1 aromatic heterocycles. The third-order valence-electron chi connectivity index (χ3n) is 5.63. The summed E-state index contributed by atoms with van der Waals surface area (Å²) in [4.78, 5) is 11.3. The Kier molecular flexibility index (Phi) is 6.49. The van der Waals surface area contributed by atoms with Crippen molar-refractivity contribution in [1.82, 2.24) is 9.88 Å². The summed E-state index contributed by atoms with van der Waals surface area (Å²) < 4.78 is 83.4. The molecule has 180 valence electrons. The van der Waals surface area contributed by atoms with Gasteiger partial charge in [-0.2, -0.15) is 0 Å². The Bertz CT molecular complexity index is 1300. The first-order valence-corrected chi connectivity index (χ1v) is 12.1. The second-order valence-corrected chi connectivity index (χ2v) is 10.0. The quantitative estimate of drug-likeness (QED) is 0.594. The molecule has 12 heteroatoms. The second kappa shape index (κ2) is 9.21. The minimum absolute atomic E-state index is 0.0658. The molecule has 1 unspecified atom stereocenters. The number of rotatable bonds is 3. The molecule has 7 nitrogen and oxygen atoms in total. The largest absolute Gasteiger partial charge is 0.478 e. The SMILES string of the molecule is CCS(=O)(=O)[N+]#CC1CN(C2=NO[C@H](c3ncc(C)cc3-c3c(F)cc(F)cc3F)C2)C[C@@H]1F. The molecule has 3 atom stereocenters. The summed E-state index contributed by atoms with van der Waals surface area (Å²) in [7, 11) is -3.68.